The van der Waals surface area contributed by atoms with Gasteiger partial charge in [0.2, 0.25) is 5.91 Å². The average molecular weight is 440 g/mol. The Bertz CT molecular complexity index is 943. The molecule has 162 valence electrons. The maximum absolute atomic E-state index is 13.0. The number of nitrogens with one attached hydrogen (secondary N) is 1. The van der Waals surface area contributed by atoms with Crippen molar-refractivity contribution >= 4 is 28.5 Å². The van der Waals surface area contributed by atoms with Crippen molar-refractivity contribution in [3.63, 3.8) is 0 Å². The SMILES string of the molecule is O=C1C[C@H](C(=O)NC2CCN(Cc3ccccc3)CC2)C(c2ccc([N+](=O)[O-])cc2)S1. The monoisotopic (exact) mass is 439 g/mol. The van der Waals surface area contributed by atoms with E-state index >= 15 is 0 Å². The number of piperidine rings is 1. The topological polar surface area (TPSA) is 92.6 Å². The van der Waals surface area contributed by atoms with Crippen molar-refractivity contribution < 1.29 is 14.5 Å². The lowest BCUT2D eigenvalue weighted by atomic mass is 9.94. The summed E-state index contributed by atoms with van der Waals surface area (Å²) in [5, 5.41) is 13.7. The highest BCUT2D eigenvalue weighted by atomic mass is 32.2. The maximum atomic E-state index is 13.0. The summed E-state index contributed by atoms with van der Waals surface area (Å²) in [4.78, 5) is 37.9. The highest BCUT2D eigenvalue weighted by Gasteiger charge is 2.40. The number of thioether (sulfide) groups is 1. The van der Waals surface area contributed by atoms with E-state index in [-0.39, 0.29) is 34.4 Å². The Morgan fingerprint density at radius 2 is 1.77 bits per heavy atom. The fraction of sp³-hybridized carbons (Fsp3) is 0.391. The molecule has 2 fully saturated rings. The van der Waals surface area contributed by atoms with Crippen LogP contribution in [0.25, 0.3) is 0 Å². The van der Waals surface area contributed by atoms with Crippen LogP contribution in [0, 0.1) is 16.0 Å². The van der Waals surface area contributed by atoms with Crippen molar-refractivity contribution in [3.8, 4) is 0 Å². The van der Waals surface area contributed by atoms with Gasteiger partial charge in [0.05, 0.1) is 10.8 Å². The van der Waals surface area contributed by atoms with Gasteiger partial charge in [-0.25, -0.2) is 0 Å². The van der Waals surface area contributed by atoms with Gasteiger partial charge in [0.25, 0.3) is 5.69 Å². The minimum atomic E-state index is -0.453. The molecule has 1 N–H and O–H groups in total. The van der Waals surface area contributed by atoms with Crippen LogP contribution in [-0.2, 0) is 16.1 Å². The van der Waals surface area contributed by atoms with Gasteiger partial charge in [0.1, 0.15) is 0 Å². The van der Waals surface area contributed by atoms with E-state index in [4.69, 9.17) is 0 Å². The van der Waals surface area contributed by atoms with E-state index in [1.54, 1.807) is 12.1 Å². The Labute approximate surface area is 185 Å². The molecule has 2 aliphatic rings. The molecule has 2 aromatic carbocycles. The first-order valence-corrected chi connectivity index (χ1v) is 11.4. The van der Waals surface area contributed by atoms with Gasteiger partial charge in [0, 0.05) is 49.5 Å². The van der Waals surface area contributed by atoms with Crippen molar-refractivity contribution in [1.29, 1.82) is 0 Å². The molecule has 1 amide bonds. The van der Waals surface area contributed by atoms with Crippen LogP contribution < -0.4 is 5.32 Å². The Kier molecular flexibility index (Phi) is 6.67. The smallest absolute Gasteiger partial charge is 0.269 e. The Hall–Kier alpha value is -2.71. The van der Waals surface area contributed by atoms with Crippen LogP contribution in [0.3, 0.4) is 0 Å². The standard InChI is InChI=1S/C23H25N3O4S/c27-21-14-20(22(31-21)17-6-8-19(9-7-17)26(29)30)23(28)24-18-10-12-25(13-11-18)15-16-4-2-1-3-5-16/h1-9,18,20,22H,10-15H2,(H,24,28)/t20-,22?/m0/s1. The number of carbonyl (C=O) groups excluding carboxylic acids is 2. The van der Waals surface area contributed by atoms with Crippen LogP contribution in [-0.4, -0.2) is 40.0 Å². The minimum absolute atomic E-state index is 0.00124. The molecule has 2 aromatic rings. The van der Waals surface area contributed by atoms with Gasteiger partial charge >= 0.3 is 0 Å². The van der Waals surface area contributed by atoms with Gasteiger partial charge in [-0.1, -0.05) is 54.2 Å². The Morgan fingerprint density at radius 1 is 1.10 bits per heavy atom. The van der Waals surface area contributed by atoms with Crippen molar-refractivity contribution in [2.45, 2.75) is 37.1 Å². The molecule has 2 atom stereocenters. The zero-order chi connectivity index (χ0) is 21.8. The number of non-ortho nitro benzene ring substituents is 1. The third-order valence-corrected chi connectivity index (χ3v) is 7.25. The molecule has 31 heavy (non-hydrogen) atoms. The third kappa shape index (κ3) is 5.32. The number of nitro benzene ring substituents is 1. The molecule has 0 bridgehead atoms. The van der Waals surface area contributed by atoms with Crippen LogP contribution in [0.2, 0.25) is 0 Å². The molecule has 0 aromatic heterocycles. The zero-order valence-corrected chi connectivity index (χ0v) is 17.9. The molecule has 2 heterocycles. The molecule has 0 aliphatic carbocycles. The van der Waals surface area contributed by atoms with Crippen molar-refractivity contribution in [1.82, 2.24) is 10.2 Å². The van der Waals surface area contributed by atoms with Crippen LogP contribution >= 0.6 is 11.8 Å². The number of benzene rings is 2. The van der Waals surface area contributed by atoms with E-state index in [0.29, 0.717) is 0 Å². The lowest BCUT2D eigenvalue weighted by Crippen LogP contribution is -2.46. The van der Waals surface area contributed by atoms with Crippen molar-refractivity contribution in [3.05, 3.63) is 75.8 Å². The second kappa shape index (κ2) is 9.62. The summed E-state index contributed by atoms with van der Waals surface area (Å²) in [5.41, 5.74) is 2.07. The summed E-state index contributed by atoms with van der Waals surface area (Å²) in [5.74, 6) is -0.537. The zero-order valence-electron chi connectivity index (χ0n) is 17.1. The molecular formula is C23H25N3O4S. The molecule has 2 aliphatic heterocycles. The number of rotatable bonds is 6. The Balaban J connectivity index is 1.33. The summed E-state index contributed by atoms with van der Waals surface area (Å²) in [6.07, 6.45) is 1.97. The maximum Gasteiger partial charge on any atom is 0.269 e. The summed E-state index contributed by atoms with van der Waals surface area (Å²) in [7, 11) is 0. The van der Waals surface area contributed by atoms with E-state index in [1.807, 2.05) is 18.2 Å². The van der Waals surface area contributed by atoms with Gasteiger partial charge in [-0.2, -0.15) is 0 Å². The Morgan fingerprint density at radius 3 is 2.42 bits per heavy atom. The molecule has 7 nitrogen and oxygen atoms in total. The predicted molar refractivity (Wildman–Crippen MR) is 119 cm³/mol. The van der Waals surface area contributed by atoms with E-state index in [0.717, 1.165) is 49.8 Å². The third-order valence-electron chi connectivity index (χ3n) is 5.96. The van der Waals surface area contributed by atoms with E-state index < -0.39 is 10.8 Å². The van der Waals surface area contributed by atoms with Gasteiger partial charge in [-0.3, -0.25) is 24.6 Å². The number of nitrogens with zero attached hydrogens (tertiary/aromatic N) is 2. The lowest BCUT2D eigenvalue weighted by molar-refractivity contribution is -0.384. The lowest BCUT2D eigenvalue weighted by Gasteiger charge is -2.33. The van der Waals surface area contributed by atoms with E-state index in [1.165, 1.54) is 17.7 Å². The number of nitro groups is 1. The number of hydrogen-bond acceptors (Lipinski definition) is 6. The van der Waals surface area contributed by atoms with Gasteiger partial charge in [0.15, 0.2) is 5.12 Å². The predicted octanol–water partition coefficient (Wildman–Crippen LogP) is 3.70. The number of amides is 1. The largest absolute Gasteiger partial charge is 0.353 e. The summed E-state index contributed by atoms with van der Waals surface area (Å²) in [6.45, 7) is 2.76. The van der Waals surface area contributed by atoms with Crippen molar-refractivity contribution in [2.75, 3.05) is 13.1 Å². The summed E-state index contributed by atoms with van der Waals surface area (Å²) in [6, 6.07) is 16.6. The fourth-order valence-electron chi connectivity index (χ4n) is 4.26. The van der Waals surface area contributed by atoms with Crippen LogP contribution in [0.15, 0.2) is 54.6 Å². The number of likely N-dealkylation sites (tertiary alicyclic amines) is 1. The van der Waals surface area contributed by atoms with Crippen LogP contribution in [0.4, 0.5) is 5.69 Å². The summed E-state index contributed by atoms with van der Waals surface area (Å²) < 4.78 is 0. The van der Waals surface area contributed by atoms with Gasteiger partial charge < -0.3 is 5.32 Å². The minimum Gasteiger partial charge on any atom is -0.353 e. The van der Waals surface area contributed by atoms with E-state index in [2.05, 4.69) is 22.3 Å². The first-order chi connectivity index (χ1) is 15.0. The molecule has 4 rings (SSSR count). The molecule has 0 radical (unpaired) electrons. The summed E-state index contributed by atoms with van der Waals surface area (Å²) >= 11 is 1.16. The van der Waals surface area contributed by atoms with E-state index in [9.17, 15) is 19.7 Å². The average Bonchev–Trinajstić information content (AvgIpc) is 3.18. The molecule has 8 heteroatoms. The number of hydrogen-bond donors (Lipinski definition) is 1. The fourth-order valence-corrected chi connectivity index (χ4v) is 5.50. The van der Waals surface area contributed by atoms with Crippen LogP contribution in [0.1, 0.15) is 35.6 Å². The molecule has 1 unspecified atom stereocenters. The molecule has 0 spiro atoms. The normalized spacial score (nSPS) is 22.4. The van der Waals surface area contributed by atoms with Crippen molar-refractivity contribution in [2.24, 2.45) is 5.92 Å². The first kappa shape index (κ1) is 21.5. The highest BCUT2D eigenvalue weighted by molar-refractivity contribution is 8.14. The second-order valence-corrected chi connectivity index (χ2v) is 9.31. The van der Waals surface area contributed by atoms with Crippen LogP contribution in [0.5, 0.6) is 0 Å². The molecule has 0 saturated carbocycles. The molecular weight excluding hydrogens is 414 g/mol. The second-order valence-electron chi connectivity index (χ2n) is 8.11. The van der Waals surface area contributed by atoms with Gasteiger partial charge in [-0.05, 0) is 24.0 Å². The quantitative estimate of drug-likeness (QED) is 0.545. The van der Waals surface area contributed by atoms with Gasteiger partial charge in [-0.15, -0.1) is 0 Å². The highest BCUT2D eigenvalue weighted by Crippen LogP contribution is 2.46. The first-order valence-electron chi connectivity index (χ1n) is 10.5. The molecule has 2 saturated heterocycles. The number of carbonyl (C=O) groups is 2.